The Kier molecular flexibility index (Phi) is 5.26. The number of hydrogen-bond donors (Lipinski definition) is 2. The van der Waals surface area contributed by atoms with Crippen LogP contribution in [0.2, 0.25) is 0 Å². The first kappa shape index (κ1) is 21.7. The van der Waals surface area contributed by atoms with Crippen LogP contribution < -0.4 is 15.5 Å². The number of piperidine rings is 1. The molecular formula is C26H27FN8. The fourth-order valence-corrected chi connectivity index (χ4v) is 5.47. The lowest BCUT2D eigenvalue weighted by molar-refractivity contribution is 0.246. The summed E-state index contributed by atoms with van der Waals surface area (Å²) in [6, 6.07) is 6.57. The van der Waals surface area contributed by atoms with Crippen molar-refractivity contribution < 1.29 is 4.39 Å². The van der Waals surface area contributed by atoms with Gasteiger partial charge in [-0.1, -0.05) is 6.07 Å². The molecule has 6 rings (SSSR count). The number of nitrogens with one attached hydrogen (secondary N) is 2. The van der Waals surface area contributed by atoms with Crippen LogP contribution in [0.3, 0.4) is 0 Å². The summed E-state index contributed by atoms with van der Waals surface area (Å²) in [5, 5.41) is 16.1. The number of aromatic nitrogens is 4. The molecule has 2 fully saturated rings. The minimum atomic E-state index is -0.549. The highest BCUT2D eigenvalue weighted by atomic mass is 19.1. The van der Waals surface area contributed by atoms with E-state index in [1.54, 1.807) is 12.4 Å². The van der Waals surface area contributed by atoms with Gasteiger partial charge in [-0.25, -0.2) is 19.3 Å². The molecule has 8 nitrogen and oxygen atoms in total. The van der Waals surface area contributed by atoms with Gasteiger partial charge in [0.15, 0.2) is 0 Å². The van der Waals surface area contributed by atoms with Gasteiger partial charge in [-0.05, 0) is 55.0 Å². The van der Waals surface area contributed by atoms with Crippen LogP contribution in [-0.2, 0) is 7.05 Å². The molecule has 1 spiro atoms. The Balaban J connectivity index is 1.39. The fraction of sp³-hybridized carbons (Fsp3) is 0.385. The van der Waals surface area contributed by atoms with Crippen molar-refractivity contribution in [3.63, 3.8) is 0 Å². The Morgan fingerprint density at radius 1 is 1.17 bits per heavy atom. The number of rotatable bonds is 3. The second kappa shape index (κ2) is 8.47. The summed E-state index contributed by atoms with van der Waals surface area (Å²) in [7, 11) is 1.95. The van der Waals surface area contributed by atoms with Gasteiger partial charge in [0.1, 0.15) is 23.4 Å². The van der Waals surface area contributed by atoms with Gasteiger partial charge in [0, 0.05) is 50.6 Å². The van der Waals surface area contributed by atoms with E-state index in [1.165, 1.54) is 18.6 Å². The predicted molar refractivity (Wildman–Crippen MR) is 133 cm³/mol. The third kappa shape index (κ3) is 3.84. The molecule has 0 atom stereocenters. The summed E-state index contributed by atoms with van der Waals surface area (Å²) < 4.78 is 16.6. The first-order chi connectivity index (χ1) is 17.0. The molecule has 2 saturated heterocycles. The molecule has 9 heteroatoms. The van der Waals surface area contributed by atoms with Crippen molar-refractivity contribution in [1.29, 1.82) is 5.26 Å². The molecule has 178 valence electrons. The van der Waals surface area contributed by atoms with Crippen molar-refractivity contribution >= 4 is 23.4 Å². The molecule has 3 aliphatic rings. The lowest BCUT2D eigenvalue weighted by atomic mass is 9.78. The molecule has 0 bridgehead atoms. The SMILES string of the molecule is Cn1cnc2c1NCC(c1cnc(N3CCC4(CCNC4)CC3)nc1-c1ccc(C#N)c(F)c1)=C2. The Bertz CT molecular complexity index is 1350. The minimum absolute atomic E-state index is 0.0211. The number of benzene rings is 1. The normalized spacial score (nSPS) is 18.7. The Morgan fingerprint density at radius 3 is 2.77 bits per heavy atom. The first-order valence-electron chi connectivity index (χ1n) is 12.0. The monoisotopic (exact) mass is 470 g/mol. The zero-order valence-corrected chi connectivity index (χ0v) is 19.7. The maximum atomic E-state index is 14.6. The van der Waals surface area contributed by atoms with E-state index in [2.05, 4.69) is 20.5 Å². The summed E-state index contributed by atoms with van der Waals surface area (Å²) in [5.74, 6) is 1.07. The number of aryl methyl sites for hydroxylation is 1. The van der Waals surface area contributed by atoms with E-state index in [0.717, 1.165) is 61.7 Å². The molecular weight excluding hydrogens is 443 g/mol. The molecule has 1 aromatic carbocycles. The van der Waals surface area contributed by atoms with Crippen LogP contribution in [0.1, 0.15) is 36.1 Å². The Labute approximate surface area is 203 Å². The van der Waals surface area contributed by atoms with Gasteiger partial charge < -0.3 is 20.1 Å². The van der Waals surface area contributed by atoms with E-state index < -0.39 is 5.82 Å². The van der Waals surface area contributed by atoms with Crippen molar-refractivity contribution in [2.24, 2.45) is 12.5 Å². The predicted octanol–water partition coefficient (Wildman–Crippen LogP) is 3.43. The number of anilines is 2. The zero-order chi connectivity index (χ0) is 24.0. The highest BCUT2D eigenvalue weighted by molar-refractivity contribution is 5.92. The molecule has 0 radical (unpaired) electrons. The van der Waals surface area contributed by atoms with Crippen molar-refractivity contribution in [1.82, 2.24) is 24.8 Å². The molecule has 2 N–H and O–H groups in total. The maximum Gasteiger partial charge on any atom is 0.225 e. The van der Waals surface area contributed by atoms with Crippen molar-refractivity contribution in [2.45, 2.75) is 19.3 Å². The molecule has 0 saturated carbocycles. The second-order valence-electron chi connectivity index (χ2n) is 9.76. The van der Waals surface area contributed by atoms with Crippen LogP contribution in [0, 0.1) is 22.6 Å². The van der Waals surface area contributed by atoms with E-state index in [9.17, 15) is 9.65 Å². The molecule has 35 heavy (non-hydrogen) atoms. The minimum Gasteiger partial charge on any atom is -0.366 e. The smallest absolute Gasteiger partial charge is 0.225 e. The molecule has 3 aliphatic heterocycles. The van der Waals surface area contributed by atoms with Crippen LogP contribution >= 0.6 is 0 Å². The van der Waals surface area contributed by atoms with E-state index in [0.29, 0.717) is 29.2 Å². The van der Waals surface area contributed by atoms with E-state index >= 15 is 0 Å². The highest BCUT2D eigenvalue weighted by Gasteiger charge is 2.37. The number of nitrogens with zero attached hydrogens (tertiary/aromatic N) is 6. The number of fused-ring (bicyclic) bond motifs is 1. The van der Waals surface area contributed by atoms with Gasteiger partial charge >= 0.3 is 0 Å². The topological polar surface area (TPSA) is 94.7 Å². The number of halogens is 1. The van der Waals surface area contributed by atoms with Crippen LogP contribution in [-0.4, -0.2) is 52.2 Å². The van der Waals surface area contributed by atoms with Gasteiger partial charge in [0.2, 0.25) is 5.95 Å². The summed E-state index contributed by atoms with van der Waals surface area (Å²) >= 11 is 0. The quantitative estimate of drug-likeness (QED) is 0.606. The van der Waals surface area contributed by atoms with Crippen LogP contribution in [0.25, 0.3) is 22.9 Å². The summed E-state index contributed by atoms with van der Waals surface area (Å²) in [5.41, 5.74) is 4.37. The van der Waals surface area contributed by atoms with Crippen molar-refractivity contribution in [2.75, 3.05) is 42.9 Å². The van der Waals surface area contributed by atoms with Crippen LogP contribution in [0.5, 0.6) is 0 Å². The van der Waals surface area contributed by atoms with Gasteiger partial charge in [-0.3, -0.25) is 0 Å². The molecule has 0 unspecified atom stereocenters. The fourth-order valence-electron chi connectivity index (χ4n) is 5.47. The van der Waals surface area contributed by atoms with Crippen LogP contribution in [0.15, 0.2) is 30.7 Å². The number of nitriles is 1. The first-order valence-corrected chi connectivity index (χ1v) is 12.0. The average molecular weight is 471 g/mol. The van der Waals surface area contributed by atoms with Gasteiger partial charge in [-0.15, -0.1) is 0 Å². The van der Waals surface area contributed by atoms with Crippen molar-refractivity contribution in [3.8, 4) is 17.3 Å². The van der Waals surface area contributed by atoms with Crippen molar-refractivity contribution in [3.05, 3.63) is 53.4 Å². The summed E-state index contributed by atoms with van der Waals surface area (Å²) in [4.78, 5) is 16.4. The third-order valence-corrected chi connectivity index (χ3v) is 7.65. The van der Waals surface area contributed by atoms with Gasteiger partial charge in [0.25, 0.3) is 0 Å². The number of hydrogen-bond acceptors (Lipinski definition) is 7. The largest absolute Gasteiger partial charge is 0.366 e. The molecule has 3 aromatic rings. The van der Waals surface area contributed by atoms with Gasteiger partial charge in [0.05, 0.1) is 17.6 Å². The lowest BCUT2D eigenvalue weighted by Crippen LogP contribution is -2.42. The molecule has 5 heterocycles. The lowest BCUT2D eigenvalue weighted by Gasteiger charge is -2.39. The average Bonchev–Trinajstić information content (AvgIpc) is 3.50. The van der Waals surface area contributed by atoms with Crippen LogP contribution in [0.4, 0.5) is 16.2 Å². The van der Waals surface area contributed by atoms with E-state index in [1.807, 2.05) is 30.0 Å². The zero-order valence-electron chi connectivity index (χ0n) is 19.7. The number of imidazole rings is 1. The summed E-state index contributed by atoms with van der Waals surface area (Å²) in [6.07, 6.45) is 9.11. The standard InChI is InChI=1S/C26H27FN8/c1-34-16-32-22-11-19(13-30-24(22)34)20-14-31-25(35-8-5-26(6-9-35)4-7-29-15-26)33-23(20)17-2-3-18(12-28)21(27)10-17/h2-3,10-11,14,16,29-30H,4-9,13,15H2,1H3. The second-order valence-corrected chi connectivity index (χ2v) is 9.76. The van der Waals surface area contributed by atoms with Gasteiger partial charge in [-0.2, -0.15) is 5.26 Å². The maximum absolute atomic E-state index is 14.6. The highest BCUT2D eigenvalue weighted by Crippen LogP contribution is 2.39. The summed E-state index contributed by atoms with van der Waals surface area (Å²) in [6.45, 7) is 4.58. The third-order valence-electron chi connectivity index (χ3n) is 7.65. The molecule has 0 aliphatic carbocycles. The molecule has 2 aromatic heterocycles. The van der Waals surface area contributed by atoms with E-state index in [-0.39, 0.29) is 5.56 Å². The Hall–Kier alpha value is -3.77. The molecule has 0 amide bonds. The Morgan fingerprint density at radius 2 is 2.03 bits per heavy atom. The van der Waals surface area contributed by atoms with E-state index in [4.69, 9.17) is 9.97 Å².